The van der Waals surface area contributed by atoms with E-state index in [-0.39, 0.29) is 5.78 Å². The van der Waals surface area contributed by atoms with Gasteiger partial charge in [0.15, 0.2) is 5.78 Å². The lowest BCUT2D eigenvalue weighted by molar-refractivity contribution is 0.101. The van der Waals surface area contributed by atoms with E-state index in [0.717, 1.165) is 24.8 Å². The third kappa shape index (κ3) is 2.40. The second kappa shape index (κ2) is 4.64. The van der Waals surface area contributed by atoms with Crippen molar-refractivity contribution in [3.63, 3.8) is 0 Å². The Hall–Kier alpha value is -1.38. The Morgan fingerprint density at radius 2 is 2.06 bits per heavy atom. The maximum absolute atomic E-state index is 11.3. The second-order valence-corrected chi connectivity index (χ2v) is 4.61. The summed E-state index contributed by atoms with van der Waals surface area (Å²) in [7, 11) is 0. The standard InChI is InChI=1S/C13H18N2O/c1-10-6-8-15(9-7-10)13-5-3-4-12(14-13)11(2)16/h3-5,10H,6-9H2,1-2H3. The summed E-state index contributed by atoms with van der Waals surface area (Å²) in [4.78, 5) is 17.9. The number of pyridine rings is 1. The predicted molar refractivity (Wildman–Crippen MR) is 64.9 cm³/mol. The van der Waals surface area contributed by atoms with Gasteiger partial charge >= 0.3 is 0 Å². The summed E-state index contributed by atoms with van der Waals surface area (Å²) in [5.74, 6) is 1.79. The SMILES string of the molecule is CC(=O)c1cccc(N2CCC(C)CC2)n1. The van der Waals surface area contributed by atoms with Crippen LogP contribution >= 0.6 is 0 Å². The highest BCUT2D eigenvalue weighted by atomic mass is 16.1. The van der Waals surface area contributed by atoms with Gasteiger partial charge in [-0.2, -0.15) is 0 Å². The van der Waals surface area contributed by atoms with Crippen molar-refractivity contribution >= 4 is 11.6 Å². The molecule has 3 heteroatoms. The summed E-state index contributed by atoms with van der Waals surface area (Å²) in [6.45, 7) is 5.95. The van der Waals surface area contributed by atoms with Gasteiger partial charge in [0.25, 0.3) is 0 Å². The lowest BCUT2D eigenvalue weighted by Crippen LogP contribution is -2.33. The number of ketones is 1. The maximum Gasteiger partial charge on any atom is 0.178 e. The molecule has 0 radical (unpaired) electrons. The van der Waals surface area contributed by atoms with Crippen molar-refractivity contribution in [3.8, 4) is 0 Å². The highest BCUT2D eigenvalue weighted by molar-refractivity contribution is 5.92. The molecular weight excluding hydrogens is 200 g/mol. The first kappa shape index (κ1) is 11.1. The van der Waals surface area contributed by atoms with Crippen LogP contribution in [0.3, 0.4) is 0 Å². The average molecular weight is 218 g/mol. The zero-order valence-electron chi connectivity index (χ0n) is 9.94. The molecule has 1 fully saturated rings. The van der Waals surface area contributed by atoms with Gasteiger partial charge < -0.3 is 4.90 Å². The molecule has 3 nitrogen and oxygen atoms in total. The minimum Gasteiger partial charge on any atom is -0.357 e. The first-order valence-corrected chi connectivity index (χ1v) is 5.90. The van der Waals surface area contributed by atoms with E-state index in [1.165, 1.54) is 12.8 Å². The van der Waals surface area contributed by atoms with Gasteiger partial charge in [0.1, 0.15) is 11.5 Å². The lowest BCUT2D eigenvalue weighted by atomic mass is 9.99. The van der Waals surface area contributed by atoms with Gasteiger partial charge in [-0.3, -0.25) is 4.79 Å². The zero-order valence-corrected chi connectivity index (χ0v) is 9.94. The highest BCUT2D eigenvalue weighted by Gasteiger charge is 2.17. The van der Waals surface area contributed by atoms with Crippen LogP contribution in [-0.2, 0) is 0 Å². The van der Waals surface area contributed by atoms with Crippen LogP contribution in [0.25, 0.3) is 0 Å². The van der Waals surface area contributed by atoms with Crippen LogP contribution in [0.5, 0.6) is 0 Å². The van der Waals surface area contributed by atoms with Crippen molar-refractivity contribution in [3.05, 3.63) is 23.9 Å². The van der Waals surface area contributed by atoms with Gasteiger partial charge in [-0.1, -0.05) is 13.0 Å². The molecule has 1 aromatic rings. The number of hydrogen-bond acceptors (Lipinski definition) is 3. The Morgan fingerprint density at radius 1 is 1.38 bits per heavy atom. The molecule has 0 N–H and O–H groups in total. The molecule has 0 amide bonds. The predicted octanol–water partition coefficient (Wildman–Crippen LogP) is 2.52. The summed E-state index contributed by atoms with van der Waals surface area (Å²) < 4.78 is 0. The van der Waals surface area contributed by atoms with E-state index < -0.39 is 0 Å². The van der Waals surface area contributed by atoms with E-state index >= 15 is 0 Å². The van der Waals surface area contributed by atoms with E-state index in [1.807, 2.05) is 12.1 Å². The Kier molecular flexibility index (Phi) is 3.22. The first-order valence-electron chi connectivity index (χ1n) is 5.90. The third-order valence-electron chi connectivity index (χ3n) is 3.20. The van der Waals surface area contributed by atoms with E-state index in [9.17, 15) is 4.79 Å². The number of rotatable bonds is 2. The minimum absolute atomic E-state index is 0.0345. The van der Waals surface area contributed by atoms with Gasteiger partial charge in [-0.05, 0) is 30.9 Å². The van der Waals surface area contributed by atoms with Gasteiger partial charge in [0, 0.05) is 20.0 Å². The van der Waals surface area contributed by atoms with Crippen LogP contribution in [0, 0.1) is 5.92 Å². The maximum atomic E-state index is 11.3. The fraction of sp³-hybridized carbons (Fsp3) is 0.538. The molecule has 0 aliphatic carbocycles. The monoisotopic (exact) mass is 218 g/mol. The Labute approximate surface area is 96.5 Å². The van der Waals surface area contributed by atoms with E-state index in [1.54, 1.807) is 13.0 Å². The van der Waals surface area contributed by atoms with Crippen LogP contribution in [-0.4, -0.2) is 23.9 Å². The molecule has 0 atom stereocenters. The van der Waals surface area contributed by atoms with Crippen LogP contribution in [0.1, 0.15) is 37.2 Å². The van der Waals surface area contributed by atoms with Gasteiger partial charge in [-0.15, -0.1) is 0 Å². The Balaban J connectivity index is 2.14. The number of hydrogen-bond donors (Lipinski definition) is 0. The third-order valence-corrected chi connectivity index (χ3v) is 3.20. The molecule has 1 aliphatic heterocycles. The molecule has 0 aromatic carbocycles. The summed E-state index contributed by atoms with van der Waals surface area (Å²) in [6.07, 6.45) is 2.43. The molecule has 0 spiro atoms. The van der Waals surface area contributed by atoms with Crippen molar-refractivity contribution in [2.24, 2.45) is 5.92 Å². The molecule has 16 heavy (non-hydrogen) atoms. The van der Waals surface area contributed by atoms with Crippen molar-refractivity contribution in [2.75, 3.05) is 18.0 Å². The number of carbonyl (C=O) groups excluding carboxylic acids is 1. The molecule has 1 aromatic heterocycles. The summed E-state index contributed by atoms with van der Waals surface area (Å²) in [6, 6.07) is 5.68. The van der Waals surface area contributed by atoms with E-state index in [0.29, 0.717) is 5.69 Å². The number of anilines is 1. The summed E-state index contributed by atoms with van der Waals surface area (Å²) in [5.41, 5.74) is 0.566. The summed E-state index contributed by atoms with van der Waals surface area (Å²) in [5, 5.41) is 0. The first-order chi connectivity index (χ1) is 7.66. The van der Waals surface area contributed by atoms with Crippen molar-refractivity contribution in [1.29, 1.82) is 0 Å². The molecule has 2 rings (SSSR count). The lowest BCUT2D eigenvalue weighted by Gasteiger charge is -2.31. The number of Topliss-reactive ketones (excluding diaryl/α,β-unsaturated/α-hetero) is 1. The van der Waals surface area contributed by atoms with Gasteiger partial charge in [-0.25, -0.2) is 4.98 Å². The second-order valence-electron chi connectivity index (χ2n) is 4.61. The smallest absolute Gasteiger partial charge is 0.178 e. The van der Waals surface area contributed by atoms with E-state index in [2.05, 4.69) is 16.8 Å². The molecule has 2 heterocycles. The average Bonchev–Trinajstić information content (AvgIpc) is 2.30. The number of nitrogens with zero attached hydrogens (tertiary/aromatic N) is 2. The van der Waals surface area contributed by atoms with Crippen molar-refractivity contribution in [1.82, 2.24) is 4.98 Å². The van der Waals surface area contributed by atoms with E-state index in [4.69, 9.17) is 0 Å². The molecule has 1 saturated heterocycles. The quantitative estimate of drug-likeness (QED) is 0.715. The largest absolute Gasteiger partial charge is 0.357 e. The molecule has 86 valence electrons. The fourth-order valence-corrected chi connectivity index (χ4v) is 2.03. The van der Waals surface area contributed by atoms with Crippen LogP contribution in [0.4, 0.5) is 5.82 Å². The number of aromatic nitrogens is 1. The normalized spacial score (nSPS) is 17.5. The highest BCUT2D eigenvalue weighted by Crippen LogP contribution is 2.21. The molecule has 0 bridgehead atoms. The number of carbonyl (C=O) groups is 1. The van der Waals surface area contributed by atoms with Crippen molar-refractivity contribution in [2.45, 2.75) is 26.7 Å². The molecule has 0 unspecified atom stereocenters. The van der Waals surface area contributed by atoms with Crippen LogP contribution in [0.2, 0.25) is 0 Å². The van der Waals surface area contributed by atoms with Crippen LogP contribution < -0.4 is 4.90 Å². The van der Waals surface area contributed by atoms with Gasteiger partial charge in [0.2, 0.25) is 0 Å². The molecule has 1 aliphatic rings. The fourth-order valence-electron chi connectivity index (χ4n) is 2.03. The molecular formula is C13H18N2O. The van der Waals surface area contributed by atoms with Gasteiger partial charge in [0.05, 0.1) is 0 Å². The van der Waals surface area contributed by atoms with Crippen LogP contribution in [0.15, 0.2) is 18.2 Å². The van der Waals surface area contributed by atoms with Crippen molar-refractivity contribution < 1.29 is 4.79 Å². The minimum atomic E-state index is 0.0345. The zero-order chi connectivity index (χ0) is 11.5. The number of piperidine rings is 1. The Bertz CT molecular complexity index is 381. The topological polar surface area (TPSA) is 33.2 Å². The summed E-state index contributed by atoms with van der Waals surface area (Å²) >= 11 is 0. The molecule has 0 saturated carbocycles. The Morgan fingerprint density at radius 3 is 2.69 bits per heavy atom.